The zero-order valence-corrected chi connectivity index (χ0v) is 18.4. The van der Waals surface area contributed by atoms with Crippen molar-refractivity contribution < 1.29 is 17.9 Å². The van der Waals surface area contributed by atoms with Gasteiger partial charge < -0.3 is 10.1 Å². The number of ether oxygens (including phenoxy) is 1. The molecule has 0 saturated carbocycles. The molecule has 0 bridgehead atoms. The van der Waals surface area contributed by atoms with Gasteiger partial charge in [0.1, 0.15) is 12.1 Å². The standard InChI is InChI=1S/C22H20N6O4S/c1-27(18-7-3-2-4-8-18)33(30,31)21-9-5-6-17(14-21)24-22(29)15-32-20-12-10-19(11-13-20)28-16-23-25-26-28/h2-14,16H,15H2,1H3,(H,24,29). The van der Waals surface area contributed by atoms with Gasteiger partial charge in [0.05, 0.1) is 16.3 Å². The molecule has 4 rings (SSSR count). The fourth-order valence-corrected chi connectivity index (χ4v) is 4.23. The van der Waals surface area contributed by atoms with Gasteiger partial charge in [-0.15, -0.1) is 5.10 Å². The lowest BCUT2D eigenvalue weighted by Gasteiger charge is -2.19. The zero-order valence-electron chi connectivity index (χ0n) is 17.6. The van der Waals surface area contributed by atoms with Crippen LogP contribution in [0.15, 0.2) is 90.1 Å². The first-order valence-electron chi connectivity index (χ1n) is 9.83. The quantitative estimate of drug-likeness (QED) is 0.425. The van der Waals surface area contributed by atoms with E-state index in [1.807, 2.05) is 6.07 Å². The maximum absolute atomic E-state index is 13.0. The van der Waals surface area contributed by atoms with Crippen LogP contribution in [-0.2, 0) is 14.8 Å². The largest absolute Gasteiger partial charge is 0.484 e. The van der Waals surface area contributed by atoms with Gasteiger partial charge in [0.15, 0.2) is 6.61 Å². The molecule has 0 aliphatic heterocycles. The van der Waals surface area contributed by atoms with E-state index < -0.39 is 15.9 Å². The molecule has 4 aromatic rings. The van der Waals surface area contributed by atoms with E-state index in [-0.39, 0.29) is 11.5 Å². The number of carbonyl (C=O) groups excluding carboxylic acids is 1. The average molecular weight is 465 g/mol. The molecule has 168 valence electrons. The highest BCUT2D eigenvalue weighted by atomic mass is 32.2. The summed E-state index contributed by atoms with van der Waals surface area (Å²) in [6.45, 7) is -0.245. The predicted octanol–water partition coefficient (Wildman–Crippen LogP) is 2.50. The number of hydrogen-bond donors (Lipinski definition) is 1. The van der Waals surface area contributed by atoms with Gasteiger partial charge in [-0.05, 0) is 65.0 Å². The maximum Gasteiger partial charge on any atom is 0.264 e. The van der Waals surface area contributed by atoms with E-state index in [1.165, 1.54) is 34.5 Å². The van der Waals surface area contributed by atoms with Gasteiger partial charge in [0.2, 0.25) is 0 Å². The molecule has 0 atom stereocenters. The van der Waals surface area contributed by atoms with E-state index in [0.717, 1.165) is 5.69 Å². The third kappa shape index (κ3) is 5.15. The Morgan fingerprint density at radius 2 is 1.79 bits per heavy atom. The molecule has 1 amide bonds. The summed E-state index contributed by atoms with van der Waals surface area (Å²) in [5.41, 5.74) is 1.63. The smallest absolute Gasteiger partial charge is 0.264 e. The molecule has 0 unspecified atom stereocenters. The number of amides is 1. The second-order valence-electron chi connectivity index (χ2n) is 6.92. The molecule has 0 radical (unpaired) electrons. The summed E-state index contributed by atoms with van der Waals surface area (Å²) < 4.78 is 34.1. The molecule has 11 heteroatoms. The lowest BCUT2D eigenvalue weighted by molar-refractivity contribution is -0.118. The van der Waals surface area contributed by atoms with Crippen LogP contribution in [0.25, 0.3) is 5.69 Å². The van der Waals surface area contributed by atoms with Gasteiger partial charge in [-0.2, -0.15) is 0 Å². The van der Waals surface area contributed by atoms with Gasteiger partial charge in [-0.3, -0.25) is 9.10 Å². The van der Waals surface area contributed by atoms with E-state index in [9.17, 15) is 13.2 Å². The molecule has 0 aliphatic carbocycles. The van der Waals surface area contributed by atoms with Crippen LogP contribution in [0.3, 0.4) is 0 Å². The Morgan fingerprint density at radius 1 is 1.03 bits per heavy atom. The highest BCUT2D eigenvalue weighted by Gasteiger charge is 2.21. The van der Waals surface area contributed by atoms with E-state index in [0.29, 0.717) is 17.1 Å². The molecule has 1 N–H and O–H groups in total. The fraction of sp³-hybridized carbons (Fsp3) is 0.0909. The molecular formula is C22H20N6O4S. The highest BCUT2D eigenvalue weighted by Crippen LogP contribution is 2.23. The van der Waals surface area contributed by atoms with Crippen molar-refractivity contribution in [2.75, 3.05) is 23.3 Å². The summed E-state index contributed by atoms with van der Waals surface area (Å²) in [5, 5.41) is 13.6. The number of benzene rings is 3. The number of rotatable bonds is 8. The van der Waals surface area contributed by atoms with Gasteiger partial charge >= 0.3 is 0 Å². The number of aromatic nitrogens is 4. The summed E-state index contributed by atoms with van der Waals surface area (Å²) in [5.74, 6) is 0.0632. The van der Waals surface area contributed by atoms with Crippen LogP contribution >= 0.6 is 0 Å². The van der Waals surface area contributed by atoms with Crippen molar-refractivity contribution in [1.29, 1.82) is 0 Å². The van der Waals surface area contributed by atoms with Crippen LogP contribution in [0.5, 0.6) is 5.75 Å². The maximum atomic E-state index is 13.0. The minimum absolute atomic E-state index is 0.0609. The number of sulfonamides is 1. The lowest BCUT2D eigenvalue weighted by atomic mass is 10.3. The number of nitrogens with zero attached hydrogens (tertiary/aromatic N) is 5. The molecule has 1 heterocycles. The molecule has 33 heavy (non-hydrogen) atoms. The average Bonchev–Trinajstić information content (AvgIpc) is 3.38. The first-order valence-corrected chi connectivity index (χ1v) is 11.3. The Hall–Kier alpha value is -4.25. The highest BCUT2D eigenvalue weighted by molar-refractivity contribution is 7.92. The number of tetrazole rings is 1. The first kappa shape index (κ1) is 22.0. The molecule has 10 nitrogen and oxygen atoms in total. The Labute approximate surface area is 190 Å². The summed E-state index contributed by atoms with van der Waals surface area (Å²) >= 11 is 0. The summed E-state index contributed by atoms with van der Waals surface area (Å²) in [7, 11) is -2.31. The van der Waals surface area contributed by atoms with Crippen LogP contribution in [-0.4, -0.2) is 48.2 Å². The number of nitrogens with one attached hydrogen (secondary N) is 1. The van der Waals surface area contributed by atoms with E-state index in [4.69, 9.17) is 4.74 Å². The van der Waals surface area contributed by atoms with Gasteiger partial charge in [0.25, 0.3) is 15.9 Å². The van der Waals surface area contributed by atoms with Crippen molar-refractivity contribution in [3.8, 4) is 11.4 Å². The minimum Gasteiger partial charge on any atom is -0.484 e. The molecule has 0 saturated heterocycles. The summed E-state index contributed by atoms with van der Waals surface area (Å²) in [6.07, 6.45) is 1.47. The third-order valence-corrected chi connectivity index (χ3v) is 6.50. The van der Waals surface area contributed by atoms with E-state index in [1.54, 1.807) is 60.7 Å². The second kappa shape index (κ2) is 9.49. The Kier molecular flexibility index (Phi) is 6.31. The SMILES string of the molecule is CN(c1ccccc1)S(=O)(=O)c1cccc(NC(=O)COc2ccc(-n3cnnn3)cc2)c1. The Morgan fingerprint density at radius 3 is 2.48 bits per heavy atom. The van der Waals surface area contributed by atoms with Crippen molar-refractivity contribution in [2.24, 2.45) is 0 Å². The van der Waals surface area contributed by atoms with Crippen LogP contribution < -0.4 is 14.4 Å². The molecule has 3 aromatic carbocycles. The predicted molar refractivity (Wildman–Crippen MR) is 122 cm³/mol. The van der Waals surface area contributed by atoms with Crippen molar-refractivity contribution in [3.63, 3.8) is 0 Å². The van der Waals surface area contributed by atoms with Crippen molar-refractivity contribution >= 4 is 27.3 Å². The second-order valence-corrected chi connectivity index (χ2v) is 8.89. The third-order valence-electron chi connectivity index (χ3n) is 4.72. The molecular weight excluding hydrogens is 444 g/mol. The number of carbonyl (C=O) groups is 1. The molecule has 0 spiro atoms. The van der Waals surface area contributed by atoms with Gasteiger partial charge in [0, 0.05) is 12.7 Å². The van der Waals surface area contributed by atoms with Gasteiger partial charge in [-0.25, -0.2) is 13.1 Å². The van der Waals surface area contributed by atoms with Crippen molar-refractivity contribution in [3.05, 3.63) is 85.2 Å². The summed E-state index contributed by atoms with van der Waals surface area (Å²) in [6, 6.07) is 21.7. The van der Waals surface area contributed by atoms with Gasteiger partial charge in [-0.1, -0.05) is 24.3 Å². The first-order chi connectivity index (χ1) is 15.9. The number of hydrogen-bond acceptors (Lipinski definition) is 7. The zero-order chi connectivity index (χ0) is 23.3. The molecule has 1 aromatic heterocycles. The van der Waals surface area contributed by atoms with Crippen LogP contribution in [0, 0.1) is 0 Å². The monoisotopic (exact) mass is 464 g/mol. The van der Waals surface area contributed by atoms with E-state index in [2.05, 4.69) is 20.8 Å². The van der Waals surface area contributed by atoms with E-state index >= 15 is 0 Å². The topological polar surface area (TPSA) is 119 Å². The van der Waals surface area contributed by atoms with Crippen LogP contribution in [0.2, 0.25) is 0 Å². The normalized spacial score (nSPS) is 11.1. The Balaban J connectivity index is 1.38. The lowest BCUT2D eigenvalue weighted by Crippen LogP contribution is -2.26. The van der Waals surface area contributed by atoms with Crippen molar-refractivity contribution in [1.82, 2.24) is 20.2 Å². The summed E-state index contributed by atoms with van der Waals surface area (Å²) in [4.78, 5) is 12.4. The molecule has 0 fully saturated rings. The number of para-hydroxylation sites is 1. The van der Waals surface area contributed by atoms with Crippen molar-refractivity contribution in [2.45, 2.75) is 4.90 Å². The van der Waals surface area contributed by atoms with Crippen LogP contribution in [0.4, 0.5) is 11.4 Å². The minimum atomic E-state index is -3.79. The van der Waals surface area contributed by atoms with Crippen LogP contribution in [0.1, 0.15) is 0 Å². The fourth-order valence-electron chi connectivity index (χ4n) is 2.99. The molecule has 0 aliphatic rings. The Bertz CT molecular complexity index is 1330. The number of anilines is 2.